The molecule has 0 aliphatic heterocycles. The number of terminal acetylenes is 1. The van der Waals surface area contributed by atoms with Gasteiger partial charge in [0, 0.05) is 19.1 Å². The Morgan fingerprint density at radius 2 is 1.89 bits per heavy atom. The van der Waals surface area contributed by atoms with Crippen LogP contribution in [0.25, 0.3) is 0 Å². The second kappa shape index (κ2) is 19.7. The number of nitrogens with two attached hydrogens (primary N) is 2. The van der Waals surface area contributed by atoms with Crippen LogP contribution in [-0.2, 0) is 11.2 Å². The van der Waals surface area contributed by atoms with Crippen LogP contribution in [-0.4, -0.2) is 50.9 Å². The molecule has 0 fully saturated rings. The van der Waals surface area contributed by atoms with Gasteiger partial charge in [0.05, 0.1) is 20.6 Å². The number of nitrogens with one attached hydrogen (secondary N) is 1. The van der Waals surface area contributed by atoms with Crippen LogP contribution in [0.4, 0.5) is 0 Å². The molecule has 0 saturated carbocycles. The van der Waals surface area contributed by atoms with Gasteiger partial charge in [-0.15, -0.1) is 0 Å². The Morgan fingerprint density at radius 3 is 2.32 bits per heavy atom. The van der Waals surface area contributed by atoms with E-state index < -0.39 is 0 Å². The molecule has 1 amide bonds. The minimum atomic E-state index is -0.0718. The van der Waals surface area contributed by atoms with Crippen molar-refractivity contribution in [3.05, 3.63) is 71.6 Å². The molecule has 0 aromatic heterocycles. The number of carbonyl (C=O) groups is 1. The van der Waals surface area contributed by atoms with Crippen molar-refractivity contribution in [1.29, 1.82) is 0 Å². The Morgan fingerprint density at radius 1 is 1.24 bits per heavy atom. The number of hydrogen-bond donors (Lipinski definition) is 3. The smallest absolute Gasteiger partial charge is 0.215 e. The lowest BCUT2D eigenvalue weighted by atomic mass is 10.1. The Bertz CT molecular complexity index is 1080. The number of methoxy groups -OCH3 is 2. The van der Waals surface area contributed by atoms with Gasteiger partial charge in [-0.1, -0.05) is 44.2 Å². The zero-order valence-corrected chi connectivity index (χ0v) is 23.4. The highest BCUT2D eigenvalue weighted by atomic mass is 16.5. The number of hydrogen-bond acceptors (Lipinski definition) is 6. The van der Waals surface area contributed by atoms with Crippen molar-refractivity contribution in [2.24, 2.45) is 21.5 Å². The van der Waals surface area contributed by atoms with E-state index in [1.165, 1.54) is 16.7 Å². The van der Waals surface area contributed by atoms with Gasteiger partial charge in [0.1, 0.15) is 5.82 Å². The summed E-state index contributed by atoms with van der Waals surface area (Å²) >= 11 is 0. The van der Waals surface area contributed by atoms with Crippen LogP contribution in [0.15, 0.2) is 76.0 Å². The molecule has 9 nitrogen and oxygen atoms in total. The maximum atomic E-state index is 11.3. The fourth-order valence-corrected chi connectivity index (χ4v) is 3.44. The second-order valence-corrected chi connectivity index (χ2v) is 7.75. The first-order valence-corrected chi connectivity index (χ1v) is 12.1. The number of nitrogens with zero attached hydrogens (tertiary/aromatic N) is 3. The summed E-state index contributed by atoms with van der Waals surface area (Å²) in [5.74, 6) is 2.25. The summed E-state index contributed by atoms with van der Waals surface area (Å²) in [6, 6.07) is 7.99. The second-order valence-electron chi connectivity index (χ2n) is 7.75. The number of rotatable bonds is 10. The van der Waals surface area contributed by atoms with Crippen LogP contribution < -0.4 is 26.3 Å². The zero-order valence-electron chi connectivity index (χ0n) is 23.4. The zero-order chi connectivity index (χ0) is 28.9. The number of aliphatic imine (C=N–C) groups is 2. The van der Waals surface area contributed by atoms with E-state index in [-0.39, 0.29) is 12.0 Å². The monoisotopic (exact) mass is 522 g/mol. The molecule has 1 aliphatic rings. The van der Waals surface area contributed by atoms with Gasteiger partial charge in [-0.3, -0.25) is 4.79 Å². The Hall–Kier alpha value is -4.45. The van der Waals surface area contributed by atoms with Gasteiger partial charge < -0.3 is 31.2 Å². The Balaban J connectivity index is 0.000000640. The third-order valence-corrected chi connectivity index (χ3v) is 5.39. The number of ether oxygens (including phenoxy) is 2. The number of benzene rings is 1. The summed E-state index contributed by atoms with van der Waals surface area (Å²) in [6.45, 7) is 9.84. The van der Waals surface area contributed by atoms with E-state index >= 15 is 0 Å². The predicted molar refractivity (Wildman–Crippen MR) is 158 cm³/mol. The molecule has 1 atom stereocenters. The molecule has 38 heavy (non-hydrogen) atoms. The topological polar surface area (TPSA) is 128 Å². The van der Waals surface area contributed by atoms with Crippen LogP contribution in [0.2, 0.25) is 0 Å². The minimum Gasteiger partial charge on any atom is -0.493 e. The van der Waals surface area contributed by atoms with Gasteiger partial charge in [-0.2, -0.15) is 4.99 Å². The molecular weight excluding hydrogens is 480 g/mol. The van der Waals surface area contributed by atoms with Crippen molar-refractivity contribution in [3.8, 4) is 24.0 Å². The van der Waals surface area contributed by atoms with Gasteiger partial charge >= 0.3 is 0 Å². The molecular formula is C29H42N6O3. The van der Waals surface area contributed by atoms with E-state index in [0.29, 0.717) is 0 Å². The summed E-state index contributed by atoms with van der Waals surface area (Å²) in [5.41, 5.74) is 13.3. The van der Waals surface area contributed by atoms with Gasteiger partial charge in [-0.25, -0.2) is 4.99 Å². The molecule has 2 rings (SSSR count). The molecule has 206 valence electrons. The first-order valence-electron chi connectivity index (χ1n) is 12.1. The van der Waals surface area contributed by atoms with Crippen LogP contribution in [0, 0.1) is 12.5 Å². The molecule has 5 N–H and O–H groups in total. The lowest BCUT2D eigenvalue weighted by molar-refractivity contribution is -0.115. The van der Waals surface area contributed by atoms with Gasteiger partial charge in [0.2, 0.25) is 6.41 Å². The molecule has 1 aromatic carbocycles. The van der Waals surface area contributed by atoms with Crippen molar-refractivity contribution in [3.63, 3.8) is 0 Å². The van der Waals surface area contributed by atoms with E-state index in [1.807, 2.05) is 56.3 Å². The van der Waals surface area contributed by atoms with Crippen LogP contribution in [0.5, 0.6) is 11.5 Å². The lowest BCUT2D eigenvalue weighted by Gasteiger charge is -2.20. The summed E-state index contributed by atoms with van der Waals surface area (Å²) in [7, 11) is 5.09. The highest BCUT2D eigenvalue weighted by Gasteiger charge is 2.25. The van der Waals surface area contributed by atoms with Crippen molar-refractivity contribution in [1.82, 2.24) is 10.2 Å². The molecule has 1 aromatic rings. The summed E-state index contributed by atoms with van der Waals surface area (Å²) < 4.78 is 10.3. The standard InChI is InChI=1S/C16H23N3O.C10H14O2.C3H5N3/c1-5-8-14-10-15(9-13(14)6-2)19(12-20)11-18-16(7-3)17-4;1-4-8-5-6-9(11-2)10(7-8)12-3;1-2-6-3(4)5/h5-8,11-12,15,17H,2,9-10H2,1,3-4H3;5-7H,4H2,1-3H3;1H,(H4,4,5,6)/b8-5-,16-7-,18-11-;;. The third-order valence-electron chi connectivity index (χ3n) is 5.39. The minimum absolute atomic E-state index is 0.0718. The average molecular weight is 523 g/mol. The summed E-state index contributed by atoms with van der Waals surface area (Å²) in [6.07, 6.45) is 17.5. The van der Waals surface area contributed by atoms with E-state index in [1.54, 1.807) is 32.5 Å². The number of amides is 1. The Kier molecular flexibility index (Phi) is 17.4. The van der Waals surface area contributed by atoms with E-state index in [4.69, 9.17) is 20.9 Å². The number of aryl methyl sites for hydroxylation is 1. The molecule has 0 radical (unpaired) electrons. The first-order chi connectivity index (χ1) is 18.3. The van der Waals surface area contributed by atoms with Crippen molar-refractivity contribution in [2.75, 3.05) is 21.3 Å². The normalized spacial score (nSPS) is 14.4. The lowest BCUT2D eigenvalue weighted by Crippen LogP contribution is -2.31. The number of carbonyl (C=O) groups excluding carboxylic acids is 1. The highest BCUT2D eigenvalue weighted by Crippen LogP contribution is 2.31. The van der Waals surface area contributed by atoms with Crippen molar-refractivity contribution >= 4 is 18.7 Å². The van der Waals surface area contributed by atoms with Gasteiger partial charge in [-0.05, 0) is 68.0 Å². The van der Waals surface area contributed by atoms with Crippen LogP contribution in [0.1, 0.15) is 39.2 Å². The molecule has 1 aliphatic carbocycles. The van der Waals surface area contributed by atoms with E-state index in [9.17, 15) is 4.79 Å². The SMILES string of the molecule is C#CN=C(N)N.C=CC1=C(/C=C\C)CC(N(C=O)/C=N\C(=C/C)NC)C1.CCc1ccc(OC)c(OC)c1. The van der Waals surface area contributed by atoms with E-state index in [2.05, 4.69) is 41.3 Å². The van der Waals surface area contributed by atoms with Gasteiger partial charge in [0.15, 0.2) is 17.5 Å². The largest absolute Gasteiger partial charge is 0.493 e. The van der Waals surface area contributed by atoms with E-state index in [0.717, 1.165) is 43.0 Å². The van der Waals surface area contributed by atoms with Crippen LogP contribution >= 0.6 is 0 Å². The quantitative estimate of drug-likeness (QED) is 0.185. The average Bonchev–Trinajstić information content (AvgIpc) is 3.34. The number of guanidine groups is 1. The maximum absolute atomic E-state index is 11.3. The fourth-order valence-electron chi connectivity index (χ4n) is 3.44. The molecule has 0 saturated heterocycles. The van der Waals surface area contributed by atoms with Crippen molar-refractivity contribution in [2.45, 2.75) is 46.1 Å². The summed E-state index contributed by atoms with van der Waals surface area (Å²) in [4.78, 5) is 20.3. The molecule has 0 heterocycles. The number of allylic oxidation sites excluding steroid dienone is 4. The summed E-state index contributed by atoms with van der Waals surface area (Å²) in [5, 5.41) is 2.95. The molecule has 0 bridgehead atoms. The Labute approximate surface area is 227 Å². The molecule has 1 unspecified atom stereocenters. The van der Waals surface area contributed by atoms with Crippen molar-refractivity contribution < 1.29 is 14.3 Å². The fraction of sp³-hybridized carbons (Fsp3) is 0.345. The third kappa shape index (κ3) is 12.0. The van der Waals surface area contributed by atoms with Gasteiger partial charge in [0.25, 0.3) is 0 Å². The van der Waals surface area contributed by atoms with Crippen LogP contribution in [0.3, 0.4) is 0 Å². The molecule has 9 heteroatoms. The molecule has 0 spiro atoms. The first kappa shape index (κ1) is 33.5. The maximum Gasteiger partial charge on any atom is 0.215 e. The highest BCUT2D eigenvalue weighted by molar-refractivity contribution is 5.76. The predicted octanol–water partition coefficient (Wildman–Crippen LogP) is 3.89.